The molecule has 1 aliphatic carbocycles. The van der Waals surface area contributed by atoms with Crippen molar-refractivity contribution in [3.8, 4) is 0 Å². The van der Waals surface area contributed by atoms with Crippen molar-refractivity contribution in [1.29, 1.82) is 0 Å². The van der Waals surface area contributed by atoms with Gasteiger partial charge in [-0.2, -0.15) is 0 Å². The average Bonchev–Trinajstić information content (AvgIpc) is 2.31. The molecule has 1 aromatic carbocycles. The Labute approximate surface area is 123 Å². The molecule has 20 heavy (non-hydrogen) atoms. The lowest BCUT2D eigenvalue weighted by atomic mass is 9.91. The van der Waals surface area contributed by atoms with E-state index < -0.39 is 0 Å². The SMILES string of the molecule is Nc1cc(Cl)ccc1NC(=O)CN(CCO)C1CCC1. The summed E-state index contributed by atoms with van der Waals surface area (Å²) in [5, 5.41) is 12.4. The van der Waals surface area contributed by atoms with Gasteiger partial charge in [0.1, 0.15) is 0 Å². The van der Waals surface area contributed by atoms with Crippen LogP contribution in [0.4, 0.5) is 11.4 Å². The fourth-order valence-corrected chi connectivity index (χ4v) is 2.47. The van der Waals surface area contributed by atoms with Gasteiger partial charge in [0.15, 0.2) is 0 Å². The molecule has 0 aromatic heterocycles. The van der Waals surface area contributed by atoms with Crippen LogP contribution in [-0.2, 0) is 4.79 Å². The third-order valence-electron chi connectivity index (χ3n) is 3.61. The van der Waals surface area contributed by atoms with Crippen LogP contribution in [-0.4, -0.2) is 41.7 Å². The van der Waals surface area contributed by atoms with Crippen LogP contribution in [0.2, 0.25) is 5.02 Å². The van der Waals surface area contributed by atoms with Crippen molar-refractivity contribution in [3.63, 3.8) is 0 Å². The summed E-state index contributed by atoms with van der Waals surface area (Å²) in [7, 11) is 0. The minimum absolute atomic E-state index is 0.0624. The third kappa shape index (κ3) is 3.85. The van der Waals surface area contributed by atoms with Crippen molar-refractivity contribution in [2.75, 3.05) is 30.7 Å². The van der Waals surface area contributed by atoms with Crippen LogP contribution in [0.15, 0.2) is 18.2 Å². The molecule has 1 aromatic rings. The van der Waals surface area contributed by atoms with E-state index in [-0.39, 0.29) is 19.1 Å². The summed E-state index contributed by atoms with van der Waals surface area (Å²) in [6.45, 7) is 0.855. The number of amides is 1. The van der Waals surface area contributed by atoms with Crippen molar-refractivity contribution in [2.24, 2.45) is 0 Å². The van der Waals surface area contributed by atoms with Crippen LogP contribution in [0.5, 0.6) is 0 Å². The number of nitrogens with one attached hydrogen (secondary N) is 1. The first-order chi connectivity index (χ1) is 9.60. The van der Waals surface area contributed by atoms with Gasteiger partial charge in [0.2, 0.25) is 5.91 Å². The van der Waals surface area contributed by atoms with Gasteiger partial charge < -0.3 is 16.2 Å². The van der Waals surface area contributed by atoms with Gasteiger partial charge in [-0.15, -0.1) is 0 Å². The topological polar surface area (TPSA) is 78.6 Å². The molecule has 0 saturated heterocycles. The second-order valence-electron chi connectivity index (χ2n) is 5.06. The molecule has 1 aliphatic rings. The van der Waals surface area contributed by atoms with Gasteiger partial charge in [-0.1, -0.05) is 18.0 Å². The van der Waals surface area contributed by atoms with E-state index in [0.29, 0.717) is 29.0 Å². The van der Waals surface area contributed by atoms with Crippen LogP contribution in [0, 0.1) is 0 Å². The Balaban J connectivity index is 1.93. The zero-order chi connectivity index (χ0) is 14.5. The largest absolute Gasteiger partial charge is 0.397 e. The molecule has 0 unspecified atom stereocenters. The maximum Gasteiger partial charge on any atom is 0.238 e. The molecular weight excluding hydrogens is 278 g/mol. The lowest BCUT2D eigenvalue weighted by Crippen LogP contribution is -2.45. The summed E-state index contributed by atoms with van der Waals surface area (Å²) in [4.78, 5) is 14.1. The Morgan fingerprint density at radius 1 is 1.50 bits per heavy atom. The summed E-state index contributed by atoms with van der Waals surface area (Å²) < 4.78 is 0. The van der Waals surface area contributed by atoms with E-state index in [9.17, 15) is 4.79 Å². The van der Waals surface area contributed by atoms with E-state index >= 15 is 0 Å². The Morgan fingerprint density at radius 3 is 2.80 bits per heavy atom. The molecule has 0 heterocycles. The number of nitrogens with two attached hydrogens (primary N) is 1. The fraction of sp³-hybridized carbons (Fsp3) is 0.500. The van der Waals surface area contributed by atoms with Crippen molar-refractivity contribution in [3.05, 3.63) is 23.2 Å². The number of rotatable bonds is 6. The standard InChI is InChI=1S/C14H20ClN3O2/c15-10-4-5-13(12(16)8-10)17-14(20)9-18(6-7-19)11-2-1-3-11/h4-5,8,11,19H,1-3,6-7,9,16H2,(H,17,20). The van der Waals surface area contributed by atoms with E-state index in [1.807, 2.05) is 4.90 Å². The monoisotopic (exact) mass is 297 g/mol. The van der Waals surface area contributed by atoms with Crippen molar-refractivity contribution < 1.29 is 9.90 Å². The molecule has 0 aliphatic heterocycles. The first kappa shape index (κ1) is 15.1. The van der Waals surface area contributed by atoms with Gasteiger partial charge >= 0.3 is 0 Å². The number of benzene rings is 1. The fourth-order valence-electron chi connectivity index (χ4n) is 2.29. The van der Waals surface area contributed by atoms with E-state index in [2.05, 4.69) is 5.32 Å². The average molecular weight is 298 g/mol. The molecule has 0 atom stereocenters. The second-order valence-corrected chi connectivity index (χ2v) is 5.49. The predicted molar refractivity (Wildman–Crippen MR) is 80.8 cm³/mol. The van der Waals surface area contributed by atoms with Crippen LogP contribution >= 0.6 is 11.6 Å². The lowest BCUT2D eigenvalue weighted by Gasteiger charge is -2.36. The number of aliphatic hydroxyl groups excluding tert-OH is 1. The zero-order valence-corrected chi connectivity index (χ0v) is 12.1. The molecule has 6 heteroatoms. The summed E-state index contributed by atoms with van der Waals surface area (Å²) in [6.07, 6.45) is 3.38. The molecular formula is C14H20ClN3O2. The minimum atomic E-state index is -0.126. The van der Waals surface area contributed by atoms with Gasteiger partial charge in [-0.3, -0.25) is 9.69 Å². The number of carbonyl (C=O) groups is 1. The Kier molecular flexibility index (Phi) is 5.23. The molecule has 1 amide bonds. The first-order valence-electron chi connectivity index (χ1n) is 6.80. The zero-order valence-electron chi connectivity index (χ0n) is 11.3. The first-order valence-corrected chi connectivity index (χ1v) is 7.17. The number of nitrogens with zero attached hydrogens (tertiary/aromatic N) is 1. The van der Waals surface area contributed by atoms with E-state index in [1.165, 1.54) is 6.42 Å². The quantitative estimate of drug-likeness (QED) is 0.699. The van der Waals surface area contributed by atoms with E-state index in [0.717, 1.165) is 12.8 Å². The molecule has 4 N–H and O–H groups in total. The summed E-state index contributed by atoms with van der Waals surface area (Å²) in [5.74, 6) is -0.126. The number of hydrogen-bond donors (Lipinski definition) is 3. The molecule has 5 nitrogen and oxygen atoms in total. The summed E-state index contributed by atoms with van der Waals surface area (Å²) >= 11 is 5.82. The number of nitrogen functional groups attached to an aromatic ring is 1. The van der Waals surface area contributed by atoms with Crippen molar-refractivity contribution in [2.45, 2.75) is 25.3 Å². The van der Waals surface area contributed by atoms with Crippen LogP contribution in [0.25, 0.3) is 0 Å². The number of aliphatic hydroxyl groups is 1. The van der Waals surface area contributed by atoms with Crippen molar-refractivity contribution >= 4 is 28.9 Å². The maximum atomic E-state index is 12.1. The van der Waals surface area contributed by atoms with Gasteiger partial charge in [0.05, 0.1) is 24.5 Å². The second kappa shape index (κ2) is 6.92. The Bertz CT molecular complexity index is 477. The lowest BCUT2D eigenvalue weighted by molar-refractivity contribution is -0.118. The maximum absolute atomic E-state index is 12.1. The highest BCUT2D eigenvalue weighted by atomic mass is 35.5. The normalized spacial score (nSPS) is 15.2. The van der Waals surface area contributed by atoms with Gasteiger partial charge in [-0.25, -0.2) is 0 Å². The number of anilines is 2. The number of carbonyl (C=O) groups excluding carboxylic acids is 1. The molecule has 1 saturated carbocycles. The molecule has 0 spiro atoms. The van der Waals surface area contributed by atoms with Crippen LogP contribution < -0.4 is 11.1 Å². The third-order valence-corrected chi connectivity index (χ3v) is 3.85. The minimum Gasteiger partial charge on any atom is -0.397 e. The molecule has 0 bridgehead atoms. The van der Waals surface area contributed by atoms with Gasteiger partial charge in [-0.05, 0) is 31.0 Å². The van der Waals surface area contributed by atoms with E-state index in [4.69, 9.17) is 22.4 Å². The summed E-state index contributed by atoms with van der Waals surface area (Å²) in [6, 6.07) is 5.39. The van der Waals surface area contributed by atoms with Gasteiger partial charge in [0, 0.05) is 17.6 Å². The number of hydrogen-bond acceptors (Lipinski definition) is 4. The highest BCUT2D eigenvalue weighted by Gasteiger charge is 2.26. The molecule has 110 valence electrons. The summed E-state index contributed by atoms with van der Waals surface area (Å²) in [5.41, 5.74) is 6.82. The molecule has 0 radical (unpaired) electrons. The number of halogens is 1. The smallest absolute Gasteiger partial charge is 0.238 e. The van der Waals surface area contributed by atoms with Crippen molar-refractivity contribution in [1.82, 2.24) is 4.90 Å². The highest BCUT2D eigenvalue weighted by Crippen LogP contribution is 2.25. The van der Waals surface area contributed by atoms with Crippen LogP contribution in [0.3, 0.4) is 0 Å². The van der Waals surface area contributed by atoms with E-state index in [1.54, 1.807) is 18.2 Å². The Morgan fingerprint density at radius 2 is 2.25 bits per heavy atom. The van der Waals surface area contributed by atoms with Gasteiger partial charge in [0.25, 0.3) is 0 Å². The van der Waals surface area contributed by atoms with Crippen LogP contribution in [0.1, 0.15) is 19.3 Å². The Hall–Kier alpha value is -1.30. The highest BCUT2D eigenvalue weighted by molar-refractivity contribution is 6.31. The molecule has 2 rings (SSSR count). The predicted octanol–water partition coefficient (Wildman–Crippen LogP) is 1.71. The molecule has 1 fully saturated rings.